The fraction of sp³-hybridized carbons (Fsp3) is 0.286. The van der Waals surface area contributed by atoms with Gasteiger partial charge in [-0.1, -0.05) is 12.0 Å². The highest BCUT2D eigenvalue weighted by Gasteiger charge is 2.22. The normalized spacial score (nSPS) is 12.3. The topological polar surface area (TPSA) is 128 Å². The molecule has 0 unspecified atom stereocenters. The Bertz CT molecular complexity index is 2190. The summed E-state index contributed by atoms with van der Waals surface area (Å²) in [7, 11) is 1.56. The van der Waals surface area contributed by atoms with Crippen LogP contribution in [0.5, 0.6) is 5.88 Å². The van der Waals surface area contributed by atoms with Crippen LogP contribution in [0.4, 0.5) is 15.9 Å². The minimum absolute atomic E-state index is 0.124. The van der Waals surface area contributed by atoms with Crippen LogP contribution in [-0.2, 0) is 31.3 Å². The number of hydrogen-bond donors (Lipinski definition) is 2. The number of aliphatic hydroxyl groups is 1. The number of anilines is 2. The number of Topliss-reactive ketones (excluding diaryl/α,β-unsaturated/α-hetero) is 1. The summed E-state index contributed by atoms with van der Waals surface area (Å²) in [6, 6.07) is 9.02. The molecule has 0 fully saturated rings. The second-order valence-electron chi connectivity index (χ2n) is 11.2. The molecule has 0 radical (unpaired) electrons. The van der Waals surface area contributed by atoms with Gasteiger partial charge in [0.15, 0.2) is 0 Å². The van der Waals surface area contributed by atoms with E-state index < -0.39 is 12.4 Å². The molecule has 4 aromatic heterocycles. The summed E-state index contributed by atoms with van der Waals surface area (Å²) < 4.78 is 24.0. The van der Waals surface area contributed by atoms with Gasteiger partial charge in [0.2, 0.25) is 11.7 Å². The number of nitrogens with zero attached hydrogens (tertiary/aromatic N) is 4. The average Bonchev–Trinajstić information content (AvgIpc) is 3.45. The van der Waals surface area contributed by atoms with E-state index >= 15 is 4.39 Å². The molecule has 4 heterocycles. The number of benzene rings is 1. The third-order valence-electron chi connectivity index (χ3n) is 8.02. The van der Waals surface area contributed by atoms with Crippen LogP contribution in [-0.4, -0.2) is 36.8 Å². The SMILES string of the molecule is CC#CC(=O)CCCOc1cccc(Nc2cc(-c3cc(F)cc(-n4ncc5c6c(sc5c4=O)CCCC6)c3CO)cn(C)c2=O)n1. The van der Waals surface area contributed by atoms with Crippen LogP contribution in [0.1, 0.15) is 48.6 Å². The number of thiophene rings is 1. The Morgan fingerprint density at radius 2 is 2.00 bits per heavy atom. The zero-order chi connectivity index (χ0) is 33.1. The highest BCUT2D eigenvalue weighted by Crippen LogP contribution is 2.35. The van der Waals surface area contributed by atoms with Crippen LogP contribution in [0.25, 0.3) is 26.9 Å². The van der Waals surface area contributed by atoms with Gasteiger partial charge in [-0.25, -0.2) is 4.39 Å². The highest BCUT2D eigenvalue weighted by molar-refractivity contribution is 7.19. The number of aromatic nitrogens is 4. The molecular formula is C35H32FN5O5S. The highest BCUT2D eigenvalue weighted by atomic mass is 32.1. The number of hydrogen-bond acceptors (Lipinski definition) is 9. The van der Waals surface area contributed by atoms with Crippen LogP contribution in [0.3, 0.4) is 0 Å². The van der Waals surface area contributed by atoms with Gasteiger partial charge in [-0.2, -0.15) is 14.8 Å². The lowest BCUT2D eigenvalue weighted by atomic mass is 9.97. The van der Waals surface area contributed by atoms with Gasteiger partial charge in [-0.05, 0) is 74.3 Å². The number of aryl methyl sites for hydroxylation is 3. The van der Waals surface area contributed by atoms with Crippen molar-refractivity contribution in [3.63, 3.8) is 0 Å². The fourth-order valence-electron chi connectivity index (χ4n) is 5.82. The number of carbonyl (C=O) groups is 1. The maximum Gasteiger partial charge on any atom is 0.289 e. The molecule has 240 valence electrons. The maximum absolute atomic E-state index is 15.3. The average molecular weight is 654 g/mol. The molecule has 0 spiro atoms. The molecule has 12 heteroatoms. The molecule has 1 aromatic carbocycles. The van der Waals surface area contributed by atoms with E-state index in [2.05, 4.69) is 27.2 Å². The minimum Gasteiger partial charge on any atom is -0.478 e. The zero-order valence-corrected chi connectivity index (χ0v) is 26.7. The second-order valence-corrected chi connectivity index (χ2v) is 12.3. The van der Waals surface area contributed by atoms with E-state index in [1.165, 1.54) is 44.7 Å². The Morgan fingerprint density at radius 1 is 1.17 bits per heavy atom. The predicted octanol–water partition coefficient (Wildman–Crippen LogP) is 5.21. The Kier molecular flexibility index (Phi) is 9.29. The molecule has 0 atom stereocenters. The molecule has 0 saturated carbocycles. The van der Waals surface area contributed by atoms with Crippen molar-refractivity contribution in [1.82, 2.24) is 19.3 Å². The molecular weight excluding hydrogens is 621 g/mol. The van der Waals surface area contributed by atoms with Crippen molar-refractivity contribution in [3.8, 4) is 34.5 Å². The Labute approximate surface area is 273 Å². The number of rotatable bonds is 10. The van der Waals surface area contributed by atoms with Gasteiger partial charge in [0, 0.05) is 53.2 Å². The van der Waals surface area contributed by atoms with Gasteiger partial charge in [0.05, 0.1) is 25.1 Å². The summed E-state index contributed by atoms with van der Waals surface area (Å²) in [6.07, 6.45) is 7.91. The molecule has 6 rings (SSSR count). The van der Waals surface area contributed by atoms with E-state index in [0.29, 0.717) is 33.9 Å². The molecule has 2 N–H and O–H groups in total. The molecule has 0 saturated heterocycles. The van der Waals surface area contributed by atoms with Crippen molar-refractivity contribution in [3.05, 3.63) is 91.3 Å². The van der Waals surface area contributed by atoms with Gasteiger partial charge in [-0.15, -0.1) is 11.3 Å². The van der Waals surface area contributed by atoms with E-state index in [4.69, 9.17) is 4.74 Å². The first-order valence-electron chi connectivity index (χ1n) is 15.3. The number of aliphatic hydroxyl groups excluding tert-OH is 1. The number of nitrogens with one attached hydrogen (secondary N) is 1. The Hall–Kier alpha value is -5.12. The number of carbonyl (C=O) groups excluding carboxylic acids is 1. The largest absolute Gasteiger partial charge is 0.478 e. The third kappa shape index (κ3) is 6.58. The first-order valence-corrected chi connectivity index (χ1v) is 16.1. The first kappa shape index (κ1) is 31.8. The lowest BCUT2D eigenvalue weighted by Crippen LogP contribution is -2.22. The van der Waals surface area contributed by atoms with Crippen LogP contribution in [0.15, 0.2) is 58.4 Å². The van der Waals surface area contributed by atoms with Gasteiger partial charge in [-0.3, -0.25) is 14.4 Å². The zero-order valence-electron chi connectivity index (χ0n) is 25.9. The van der Waals surface area contributed by atoms with Gasteiger partial charge in [0.1, 0.15) is 22.0 Å². The summed E-state index contributed by atoms with van der Waals surface area (Å²) in [6.45, 7) is 1.36. The first-order chi connectivity index (χ1) is 22.8. The molecule has 1 aliphatic carbocycles. The van der Waals surface area contributed by atoms with Crippen molar-refractivity contribution in [2.75, 3.05) is 11.9 Å². The summed E-state index contributed by atoms with van der Waals surface area (Å²) in [5.41, 5.74) is 1.70. The summed E-state index contributed by atoms with van der Waals surface area (Å²) in [5, 5.41) is 18.8. The lowest BCUT2D eigenvalue weighted by molar-refractivity contribution is -0.114. The van der Waals surface area contributed by atoms with Gasteiger partial charge < -0.3 is 19.7 Å². The van der Waals surface area contributed by atoms with Crippen molar-refractivity contribution in [2.45, 2.75) is 52.1 Å². The molecule has 0 bridgehead atoms. The van der Waals surface area contributed by atoms with Crippen molar-refractivity contribution in [2.24, 2.45) is 7.05 Å². The second kappa shape index (κ2) is 13.7. The van der Waals surface area contributed by atoms with Crippen LogP contribution < -0.4 is 21.2 Å². The summed E-state index contributed by atoms with van der Waals surface area (Å²) in [4.78, 5) is 44.1. The number of ketones is 1. The van der Waals surface area contributed by atoms with Crippen molar-refractivity contribution >= 4 is 38.7 Å². The molecule has 47 heavy (non-hydrogen) atoms. The summed E-state index contributed by atoms with van der Waals surface area (Å²) >= 11 is 1.46. The Morgan fingerprint density at radius 3 is 2.81 bits per heavy atom. The van der Waals surface area contributed by atoms with Crippen molar-refractivity contribution < 1.29 is 19.0 Å². The number of pyridine rings is 2. The Balaban J connectivity index is 1.33. The van der Waals surface area contributed by atoms with E-state index in [1.54, 1.807) is 44.4 Å². The van der Waals surface area contributed by atoms with E-state index in [-0.39, 0.29) is 46.9 Å². The fourth-order valence-corrected chi connectivity index (χ4v) is 7.11. The van der Waals surface area contributed by atoms with Gasteiger partial charge >= 0.3 is 0 Å². The van der Waals surface area contributed by atoms with Gasteiger partial charge in [0.25, 0.3) is 11.1 Å². The van der Waals surface area contributed by atoms with E-state index in [0.717, 1.165) is 35.8 Å². The number of fused-ring (bicyclic) bond motifs is 3. The third-order valence-corrected chi connectivity index (χ3v) is 9.32. The molecule has 1 aliphatic rings. The monoisotopic (exact) mass is 653 g/mol. The predicted molar refractivity (Wildman–Crippen MR) is 179 cm³/mol. The molecule has 10 nitrogen and oxygen atoms in total. The van der Waals surface area contributed by atoms with E-state index in [1.807, 2.05) is 0 Å². The standard InChI is InChI=1S/C35H32FN5O5S/c1-3-8-23(43)9-7-14-46-32-13-6-12-31(39-32)38-28-15-21(19-40(2)34(28)44)25-16-22(36)17-29(27(25)20-42)41-35(45)33-26(18-37-41)24-10-4-5-11-30(24)47-33/h6,12-13,15-19,42H,4-5,7,9-11,14,20H2,1-2H3,(H,38,39). The minimum atomic E-state index is -0.634. The molecule has 0 amide bonds. The molecule has 5 aromatic rings. The van der Waals surface area contributed by atoms with Crippen LogP contribution in [0, 0.1) is 17.7 Å². The quantitative estimate of drug-likeness (QED) is 0.119. The summed E-state index contributed by atoms with van der Waals surface area (Å²) in [5.74, 6) is 4.91. The smallest absolute Gasteiger partial charge is 0.289 e. The molecule has 0 aliphatic heterocycles. The number of ether oxygens (including phenoxy) is 1. The lowest BCUT2D eigenvalue weighted by Gasteiger charge is -2.17. The van der Waals surface area contributed by atoms with Crippen LogP contribution in [0.2, 0.25) is 0 Å². The number of halogens is 1. The van der Waals surface area contributed by atoms with Crippen LogP contribution >= 0.6 is 11.3 Å². The van der Waals surface area contributed by atoms with Crippen molar-refractivity contribution in [1.29, 1.82) is 0 Å². The van der Waals surface area contributed by atoms with E-state index in [9.17, 15) is 19.5 Å². The maximum atomic E-state index is 15.3.